The first kappa shape index (κ1) is 15.0. The first-order chi connectivity index (χ1) is 10.6. The Morgan fingerprint density at radius 3 is 2.09 bits per heavy atom. The summed E-state index contributed by atoms with van der Waals surface area (Å²) in [7, 11) is 0. The van der Waals surface area contributed by atoms with Crippen molar-refractivity contribution in [1.82, 2.24) is 0 Å². The van der Waals surface area contributed by atoms with Gasteiger partial charge in [0.1, 0.15) is 6.54 Å². The first-order valence-electron chi connectivity index (χ1n) is 7.41. The average molecular weight is 313 g/mol. The summed E-state index contributed by atoms with van der Waals surface area (Å²) >= 11 is 1.76. The number of benzene rings is 2. The van der Waals surface area contributed by atoms with Gasteiger partial charge in [-0.15, -0.1) is 0 Å². The predicted octanol–water partition coefficient (Wildman–Crippen LogP) is 4.47. The number of ether oxygens (including phenoxy) is 1. The van der Waals surface area contributed by atoms with Gasteiger partial charge >= 0.3 is 5.97 Å². The molecule has 0 bridgehead atoms. The van der Waals surface area contributed by atoms with Gasteiger partial charge in [-0.05, 0) is 56.2 Å². The van der Waals surface area contributed by atoms with E-state index < -0.39 is 0 Å². The lowest BCUT2D eigenvalue weighted by Gasteiger charge is -2.32. The molecule has 0 aliphatic carbocycles. The van der Waals surface area contributed by atoms with Gasteiger partial charge in [0.15, 0.2) is 0 Å². The van der Waals surface area contributed by atoms with E-state index in [4.69, 9.17) is 4.74 Å². The van der Waals surface area contributed by atoms with Crippen LogP contribution in [0.2, 0.25) is 0 Å². The minimum atomic E-state index is -0.201. The molecule has 0 fully saturated rings. The molecule has 1 heterocycles. The van der Waals surface area contributed by atoms with Crippen molar-refractivity contribution in [3.63, 3.8) is 0 Å². The van der Waals surface area contributed by atoms with Crippen molar-refractivity contribution in [3.8, 4) is 0 Å². The number of hydrogen-bond donors (Lipinski definition) is 0. The maximum absolute atomic E-state index is 12.0. The van der Waals surface area contributed by atoms with Crippen LogP contribution in [0.3, 0.4) is 0 Å². The second-order valence-corrected chi connectivity index (χ2v) is 6.52. The van der Waals surface area contributed by atoms with Crippen LogP contribution >= 0.6 is 11.8 Å². The molecule has 3 rings (SSSR count). The maximum atomic E-state index is 12.0. The Balaban J connectivity index is 2.05. The van der Waals surface area contributed by atoms with Crippen LogP contribution < -0.4 is 4.90 Å². The third kappa shape index (κ3) is 2.83. The molecular weight excluding hydrogens is 294 g/mol. The summed E-state index contributed by atoms with van der Waals surface area (Å²) in [6, 6.07) is 12.7. The van der Waals surface area contributed by atoms with Gasteiger partial charge < -0.3 is 9.64 Å². The normalized spacial score (nSPS) is 12.6. The molecule has 0 unspecified atom stereocenters. The van der Waals surface area contributed by atoms with E-state index in [0.29, 0.717) is 6.61 Å². The van der Waals surface area contributed by atoms with Gasteiger partial charge in [0, 0.05) is 9.79 Å². The monoisotopic (exact) mass is 313 g/mol. The number of esters is 1. The molecule has 0 atom stereocenters. The molecule has 0 radical (unpaired) electrons. The minimum Gasteiger partial charge on any atom is -0.465 e. The van der Waals surface area contributed by atoms with E-state index in [1.165, 1.54) is 20.9 Å². The van der Waals surface area contributed by atoms with E-state index in [0.717, 1.165) is 11.4 Å². The third-order valence-electron chi connectivity index (χ3n) is 3.62. The second-order valence-electron chi connectivity index (χ2n) is 5.44. The molecule has 3 nitrogen and oxygen atoms in total. The summed E-state index contributed by atoms with van der Waals surface area (Å²) in [5.74, 6) is -0.201. The minimum absolute atomic E-state index is 0.201. The lowest BCUT2D eigenvalue weighted by molar-refractivity contribution is -0.141. The van der Waals surface area contributed by atoms with Gasteiger partial charge in [-0.1, -0.05) is 23.9 Å². The molecule has 1 aliphatic heterocycles. The van der Waals surface area contributed by atoms with E-state index in [2.05, 4.69) is 55.1 Å². The molecular formula is C18H19NO2S. The Bertz CT molecular complexity index is 676. The molecule has 114 valence electrons. The predicted molar refractivity (Wildman–Crippen MR) is 90.1 cm³/mol. The molecule has 0 spiro atoms. The Hall–Kier alpha value is -1.94. The van der Waals surface area contributed by atoms with Crippen LogP contribution in [0, 0.1) is 13.8 Å². The van der Waals surface area contributed by atoms with E-state index in [9.17, 15) is 4.79 Å². The summed E-state index contributed by atoms with van der Waals surface area (Å²) in [6.07, 6.45) is 0. The highest BCUT2D eigenvalue weighted by Crippen LogP contribution is 2.48. The summed E-state index contributed by atoms with van der Waals surface area (Å²) < 4.78 is 5.13. The topological polar surface area (TPSA) is 29.5 Å². The van der Waals surface area contributed by atoms with Gasteiger partial charge in [0.2, 0.25) is 0 Å². The Morgan fingerprint density at radius 1 is 1.05 bits per heavy atom. The number of fused-ring (bicyclic) bond motifs is 2. The molecule has 1 aliphatic rings. The smallest absolute Gasteiger partial charge is 0.325 e. The van der Waals surface area contributed by atoms with Crippen molar-refractivity contribution in [2.45, 2.75) is 30.6 Å². The van der Waals surface area contributed by atoms with Crippen molar-refractivity contribution >= 4 is 29.1 Å². The van der Waals surface area contributed by atoms with Crippen molar-refractivity contribution < 1.29 is 9.53 Å². The van der Waals surface area contributed by atoms with Gasteiger partial charge in [-0.3, -0.25) is 4.79 Å². The number of anilines is 2. The molecule has 0 saturated carbocycles. The lowest BCUT2D eigenvalue weighted by atomic mass is 10.1. The first-order valence-corrected chi connectivity index (χ1v) is 8.22. The zero-order chi connectivity index (χ0) is 15.7. The summed E-state index contributed by atoms with van der Waals surface area (Å²) in [5, 5.41) is 0. The van der Waals surface area contributed by atoms with Crippen molar-refractivity contribution in [1.29, 1.82) is 0 Å². The standard InChI is InChI=1S/C18H19NO2S/c1-4-21-18(20)11-19-14-7-5-12(2)9-16(14)22-17-10-13(3)6-8-15(17)19/h5-10H,4,11H2,1-3H3. The average Bonchev–Trinajstić information content (AvgIpc) is 2.46. The third-order valence-corrected chi connectivity index (χ3v) is 4.72. The number of carbonyl (C=O) groups is 1. The van der Waals surface area contributed by atoms with Gasteiger partial charge in [-0.2, -0.15) is 0 Å². The fourth-order valence-electron chi connectivity index (χ4n) is 2.61. The van der Waals surface area contributed by atoms with E-state index in [1.807, 2.05) is 6.92 Å². The van der Waals surface area contributed by atoms with Crippen LogP contribution in [0.4, 0.5) is 11.4 Å². The molecule has 0 saturated heterocycles. The van der Waals surface area contributed by atoms with Crippen LogP contribution in [0.25, 0.3) is 0 Å². The van der Waals surface area contributed by atoms with Crippen molar-refractivity contribution in [3.05, 3.63) is 47.5 Å². The van der Waals surface area contributed by atoms with E-state index in [-0.39, 0.29) is 12.5 Å². The molecule has 4 heteroatoms. The highest BCUT2D eigenvalue weighted by molar-refractivity contribution is 7.99. The highest BCUT2D eigenvalue weighted by atomic mass is 32.2. The number of hydrogen-bond acceptors (Lipinski definition) is 4. The van der Waals surface area contributed by atoms with Crippen LogP contribution in [0.5, 0.6) is 0 Å². The van der Waals surface area contributed by atoms with E-state index >= 15 is 0 Å². The summed E-state index contributed by atoms with van der Waals surface area (Å²) in [6.45, 7) is 6.65. The molecule has 2 aromatic carbocycles. The maximum Gasteiger partial charge on any atom is 0.325 e. The zero-order valence-electron chi connectivity index (χ0n) is 13.1. The lowest BCUT2D eigenvalue weighted by Crippen LogP contribution is -2.29. The van der Waals surface area contributed by atoms with E-state index in [1.54, 1.807) is 11.8 Å². The Labute approximate surface area is 135 Å². The van der Waals surface area contributed by atoms with Crippen LogP contribution in [0.1, 0.15) is 18.1 Å². The fraction of sp³-hybridized carbons (Fsp3) is 0.278. The van der Waals surface area contributed by atoms with Crippen LogP contribution in [0.15, 0.2) is 46.2 Å². The summed E-state index contributed by atoms with van der Waals surface area (Å²) in [4.78, 5) is 16.4. The Kier molecular flexibility index (Phi) is 4.12. The second kappa shape index (κ2) is 6.05. The fourth-order valence-corrected chi connectivity index (χ4v) is 3.90. The number of nitrogens with zero attached hydrogens (tertiary/aromatic N) is 1. The zero-order valence-corrected chi connectivity index (χ0v) is 13.9. The highest BCUT2D eigenvalue weighted by Gasteiger charge is 2.25. The summed E-state index contributed by atoms with van der Waals surface area (Å²) in [5.41, 5.74) is 4.58. The molecule has 0 amide bonds. The molecule has 0 N–H and O–H groups in total. The quantitative estimate of drug-likeness (QED) is 0.782. The van der Waals surface area contributed by atoms with Crippen LogP contribution in [-0.2, 0) is 9.53 Å². The van der Waals surface area contributed by atoms with Gasteiger partial charge in [0.05, 0.1) is 18.0 Å². The molecule has 22 heavy (non-hydrogen) atoms. The Morgan fingerprint density at radius 2 is 1.59 bits per heavy atom. The molecule has 2 aromatic rings. The van der Waals surface area contributed by atoms with Crippen LogP contribution in [-0.4, -0.2) is 19.1 Å². The van der Waals surface area contributed by atoms with Crippen molar-refractivity contribution in [2.24, 2.45) is 0 Å². The van der Waals surface area contributed by atoms with Gasteiger partial charge in [-0.25, -0.2) is 0 Å². The largest absolute Gasteiger partial charge is 0.465 e. The number of rotatable bonds is 3. The van der Waals surface area contributed by atoms with Gasteiger partial charge in [0.25, 0.3) is 0 Å². The number of carbonyl (C=O) groups excluding carboxylic acids is 1. The number of aryl methyl sites for hydroxylation is 2. The SMILES string of the molecule is CCOC(=O)CN1c2ccc(C)cc2Sc2cc(C)ccc21. The molecule has 0 aromatic heterocycles. The van der Waals surface area contributed by atoms with Crippen molar-refractivity contribution in [2.75, 3.05) is 18.1 Å².